The Labute approximate surface area is 188 Å². The van der Waals surface area contributed by atoms with Gasteiger partial charge in [-0.25, -0.2) is 4.98 Å². The van der Waals surface area contributed by atoms with Crippen LogP contribution in [0, 0.1) is 0 Å². The first-order valence-corrected chi connectivity index (χ1v) is 11.3. The number of carbonyl (C=O) groups is 2. The van der Waals surface area contributed by atoms with Gasteiger partial charge in [0, 0.05) is 31.7 Å². The van der Waals surface area contributed by atoms with Crippen molar-refractivity contribution in [3.63, 3.8) is 0 Å². The third kappa shape index (κ3) is 4.93. The van der Waals surface area contributed by atoms with Crippen LogP contribution in [-0.2, 0) is 4.79 Å². The lowest BCUT2D eigenvalue weighted by Crippen LogP contribution is -2.48. The van der Waals surface area contributed by atoms with Gasteiger partial charge in [0.15, 0.2) is 0 Å². The van der Waals surface area contributed by atoms with Crippen molar-refractivity contribution in [2.45, 2.75) is 38.2 Å². The van der Waals surface area contributed by atoms with E-state index in [0.29, 0.717) is 37.4 Å². The summed E-state index contributed by atoms with van der Waals surface area (Å²) in [7, 11) is 0. The van der Waals surface area contributed by atoms with Crippen LogP contribution in [0.25, 0.3) is 11.3 Å². The molecule has 0 radical (unpaired) electrons. The fourth-order valence-electron chi connectivity index (χ4n) is 4.40. The van der Waals surface area contributed by atoms with Crippen molar-refractivity contribution in [1.29, 1.82) is 0 Å². The van der Waals surface area contributed by atoms with Gasteiger partial charge in [-0.05, 0) is 68.2 Å². The first-order chi connectivity index (χ1) is 15.5. The fourth-order valence-corrected chi connectivity index (χ4v) is 4.40. The third-order valence-corrected chi connectivity index (χ3v) is 6.22. The van der Waals surface area contributed by atoms with Gasteiger partial charge in [-0.2, -0.15) is 0 Å². The molecule has 2 fully saturated rings. The number of aromatic nitrogens is 1. The van der Waals surface area contributed by atoms with Crippen LogP contribution in [0.2, 0.25) is 0 Å². The summed E-state index contributed by atoms with van der Waals surface area (Å²) in [5, 5.41) is 0. The number of hydrogen-bond acceptors (Lipinski definition) is 5. The minimum atomic E-state index is -0.511. The molecule has 2 aromatic rings. The van der Waals surface area contributed by atoms with Crippen LogP contribution in [-0.4, -0.2) is 54.0 Å². The topological polar surface area (TPSA) is 88.8 Å². The van der Waals surface area contributed by atoms with E-state index < -0.39 is 5.91 Å². The summed E-state index contributed by atoms with van der Waals surface area (Å²) in [5.74, 6) is 1.03. The lowest BCUT2D eigenvalue weighted by Gasteiger charge is -2.35. The molecule has 0 atom stereocenters. The van der Waals surface area contributed by atoms with Crippen molar-refractivity contribution >= 4 is 17.6 Å². The van der Waals surface area contributed by atoms with Gasteiger partial charge in [0.25, 0.3) is 5.91 Å². The van der Waals surface area contributed by atoms with E-state index in [-0.39, 0.29) is 12.0 Å². The SMILES string of the molecule is C=CC(=O)N1CCN(c2ccc(C(N)=O)c(-c3ccc(OC4CCCCC4)cc3)n2)CC1. The molecule has 32 heavy (non-hydrogen) atoms. The minimum absolute atomic E-state index is 0.0575. The third-order valence-electron chi connectivity index (χ3n) is 6.22. The Bertz CT molecular complexity index is 975. The summed E-state index contributed by atoms with van der Waals surface area (Å²) in [6, 6.07) is 11.3. The Morgan fingerprint density at radius 2 is 1.69 bits per heavy atom. The van der Waals surface area contributed by atoms with Crippen molar-refractivity contribution in [2.24, 2.45) is 5.73 Å². The second-order valence-electron chi connectivity index (χ2n) is 8.35. The smallest absolute Gasteiger partial charge is 0.250 e. The number of primary amides is 1. The molecule has 0 spiro atoms. The van der Waals surface area contributed by atoms with Gasteiger partial charge in [0.2, 0.25) is 5.91 Å². The first kappa shape index (κ1) is 21.9. The van der Waals surface area contributed by atoms with Gasteiger partial charge >= 0.3 is 0 Å². The predicted octanol–water partition coefficient (Wildman–Crippen LogP) is 3.39. The highest BCUT2D eigenvalue weighted by Crippen LogP contribution is 2.29. The standard InChI is InChI=1S/C25H30N4O3/c1-2-23(30)29-16-14-28(15-17-29)22-13-12-21(25(26)31)24(27-22)18-8-10-20(11-9-18)32-19-6-4-3-5-7-19/h2,8-13,19H,1,3-7,14-17H2,(H2,26,31). The minimum Gasteiger partial charge on any atom is -0.490 e. The van der Waals surface area contributed by atoms with Gasteiger partial charge in [0.1, 0.15) is 11.6 Å². The number of nitrogens with zero attached hydrogens (tertiary/aromatic N) is 3. The molecule has 2 heterocycles. The molecule has 1 saturated heterocycles. The summed E-state index contributed by atoms with van der Waals surface area (Å²) in [5.41, 5.74) is 7.39. The number of anilines is 1. The van der Waals surface area contributed by atoms with E-state index in [1.807, 2.05) is 30.3 Å². The normalized spacial score (nSPS) is 17.1. The molecule has 0 unspecified atom stereocenters. The summed E-state index contributed by atoms with van der Waals surface area (Å²) in [6.07, 6.45) is 7.55. The van der Waals surface area contributed by atoms with Gasteiger partial charge in [-0.1, -0.05) is 13.0 Å². The second kappa shape index (κ2) is 9.85. The van der Waals surface area contributed by atoms with E-state index in [0.717, 1.165) is 30.0 Å². The highest BCUT2D eigenvalue weighted by molar-refractivity contribution is 5.99. The van der Waals surface area contributed by atoms with Gasteiger partial charge in [-0.15, -0.1) is 0 Å². The Morgan fingerprint density at radius 3 is 2.31 bits per heavy atom. The molecule has 1 aromatic heterocycles. The first-order valence-electron chi connectivity index (χ1n) is 11.3. The molecule has 4 rings (SSSR count). The van der Waals surface area contributed by atoms with Crippen molar-refractivity contribution in [3.8, 4) is 17.0 Å². The quantitative estimate of drug-likeness (QED) is 0.704. The number of carbonyl (C=O) groups excluding carboxylic acids is 2. The molecule has 2 aliphatic rings. The molecule has 0 bridgehead atoms. The molecule has 1 aromatic carbocycles. The lowest BCUT2D eigenvalue weighted by atomic mass is 9.98. The summed E-state index contributed by atoms with van der Waals surface area (Å²) < 4.78 is 6.12. The Morgan fingerprint density at radius 1 is 1.00 bits per heavy atom. The van der Waals surface area contributed by atoms with Gasteiger partial charge < -0.3 is 20.3 Å². The lowest BCUT2D eigenvalue weighted by molar-refractivity contribution is -0.126. The van der Waals surface area contributed by atoms with E-state index in [4.69, 9.17) is 15.5 Å². The zero-order chi connectivity index (χ0) is 22.5. The molecule has 1 aliphatic heterocycles. The van der Waals surface area contributed by atoms with Crippen molar-refractivity contribution in [1.82, 2.24) is 9.88 Å². The van der Waals surface area contributed by atoms with Crippen molar-refractivity contribution in [2.75, 3.05) is 31.1 Å². The summed E-state index contributed by atoms with van der Waals surface area (Å²) in [4.78, 5) is 32.6. The number of piperazine rings is 1. The Hall–Kier alpha value is -3.35. The van der Waals surface area contributed by atoms with E-state index in [9.17, 15) is 9.59 Å². The molecule has 2 N–H and O–H groups in total. The fraction of sp³-hybridized carbons (Fsp3) is 0.400. The van der Waals surface area contributed by atoms with Crippen molar-refractivity contribution < 1.29 is 14.3 Å². The number of nitrogens with two attached hydrogens (primary N) is 1. The van der Waals surface area contributed by atoms with Crippen LogP contribution < -0.4 is 15.4 Å². The molecule has 2 amide bonds. The maximum atomic E-state index is 12.1. The molecular weight excluding hydrogens is 404 g/mol. The average Bonchev–Trinajstić information content (AvgIpc) is 2.84. The maximum absolute atomic E-state index is 12.1. The number of amides is 2. The Kier molecular flexibility index (Phi) is 6.73. The van der Waals surface area contributed by atoms with E-state index in [1.165, 1.54) is 25.3 Å². The van der Waals surface area contributed by atoms with E-state index >= 15 is 0 Å². The zero-order valence-corrected chi connectivity index (χ0v) is 18.3. The number of ether oxygens (including phenoxy) is 1. The largest absolute Gasteiger partial charge is 0.490 e. The van der Waals surface area contributed by atoms with Crippen LogP contribution in [0.15, 0.2) is 49.1 Å². The van der Waals surface area contributed by atoms with Crippen LogP contribution in [0.5, 0.6) is 5.75 Å². The van der Waals surface area contributed by atoms with Crippen LogP contribution in [0.1, 0.15) is 42.5 Å². The maximum Gasteiger partial charge on any atom is 0.250 e. The van der Waals surface area contributed by atoms with Crippen molar-refractivity contribution in [3.05, 3.63) is 54.6 Å². The molecule has 1 saturated carbocycles. The summed E-state index contributed by atoms with van der Waals surface area (Å²) in [6.45, 7) is 6.09. The zero-order valence-electron chi connectivity index (χ0n) is 18.3. The highest BCUT2D eigenvalue weighted by atomic mass is 16.5. The average molecular weight is 435 g/mol. The molecule has 7 nitrogen and oxygen atoms in total. The number of hydrogen-bond donors (Lipinski definition) is 1. The second-order valence-corrected chi connectivity index (χ2v) is 8.35. The summed E-state index contributed by atoms with van der Waals surface area (Å²) >= 11 is 0. The Balaban J connectivity index is 1.53. The monoisotopic (exact) mass is 434 g/mol. The molecule has 1 aliphatic carbocycles. The van der Waals surface area contributed by atoms with Gasteiger partial charge in [0.05, 0.1) is 17.4 Å². The van der Waals surface area contributed by atoms with E-state index in [1.54, 1.807) is 11.0 Å². The highest BCUT2D eigenvalue weighted by Gasteiger charge is 2.22. The number of benzene rings is 1. The van der Waals surface area contributed by atoms with Crippen LogP contribution in [0.4, 0.5) is 5.82 Å². The number of rotatable bonds is 6. The predicted molar refractivity (Wildman–Crippen MR) is 125 cm³/mol. The van der Waals surface area contributed by atoms with Crippen LogP contribution >= 0.6 is 0 Å². The van der Waals surface area contributed by atoms with E-state index in [2.05, 4.69) is 11.5 Å². The molecular formula is C25H30N4O3. The van der Waals surface area contributed by atoms with Crippen LogP contribution in [0.3, 0.4) is 0 Å². The van der Waals surface area contributed by atoms with Gasteiger partial charge in [-0.3, -0.25) is 9.59 Å². The molecule has 168 valence electrons. The number of pyridine rings is 1. The molecule has 7 heteroatoms.